The summed E-state index contributed by atoms with van der Waals surface area (Å²) in [6, 6.07) is 0. The highest BCUT2D eigenvalue weighted by Crippen LogP contribution is 2.35. The predicted molar refractivity (Wildman–Crippen MR) is 95.0 cm³/mol. The summed E-state index contributed by atoms with van der Waals surface area (Å²) in [6.07, 6.45) is 22.2. The van der Waals surface area contributed by atoms with Crippen LogP contribution < -0.4 is 0 Å². The number of aldehydes is 1. The van der Waals surface area contributed by atoms with Crippen LogP contribution in [0.4, 0.5) is 0 Å². The van der Waals surface area contributed by atoms with Gasteiger partial charge in [0.1, 0.15) is 6.29 Å². The largest absolute Gasteiger partial charge is 0.303 e. The summed E-state index contributed by atoms with van der Waals surface area (Å²) < 4.78 is 0. The third-order valence-electron chi connectivity index (χ3n) is 6.55. The summed E-state index contributed by atoms with van der Waals surface area (Å²) in [5, 5.41) is 0. The van der Waals surface area contributed by atoms with Crippen LogP contribution in [0.1, 0.15) is 103 Å². The van der Waals surface area contributed by atoms with Gasteiger partial charge >= 0.3 is 0 Å². The lowest BCUT2D eigenvalue weighted by Crippen LogP contribution is -2.20. The van der Waals surface area contributed by atoms with Crippen molar-refractivity contribution in [1.29, 1.82) is 0 Å². The van der Waals surface area contributed by atoms with Crippen LogP contribution in [0.25, 0.3) is 0 Å². The van der Waals surface area contributed by atoms with E-state index in [1.165, 1.54) is 96.2 Å². The van der Waals surface area contributed by atoms with E-state index in [1.807, 2.05) is 0 Å². The van der Waals surface area contributed by atoms with Crippen LogP contribution in [0, 0.1) is 23.7 Å². The number of unbranched alkanes of at least 4 members (excludes halogenated alkanes) is 3. The fourth-order valence-electron chi connectivity index (χ4n) is 5.00. The van der Waals surface area contributed by atoms with E-state index in [-0.39, 0.29) is 0 Å². The summed E-state index contributed by atoms with van der Waals surface area (Å²) in [5.41, 5.74) is 0. The minimum absolute atomic E-state index is 0.391. The van der Waals surface area contributed by atoms with E-state index in [2.05, 4.69) is 6.92 Å². The molecule has 0 aromatic rings. The van der Waals surface area contributed by atoms with Gasteiger partial charge in [-0.05, 0) is 43.4 Å². The molecule has 0 radical (unpaired) electrons. The maximum absolute atomic E-state index is 11.1. The van der Waals surface area contributed by atoms with Gasteiger partial charge in [0.15, 0.2) is 0 Å². The molecule has 0 N–H and O–H groups in total. The Morgan fingerprint density at radius 1 is 0.818 bits per heavy atom. The van der Waals surface area contributed by atoms with Gasteiger partial charge < -0.3 is 4.79 Å². The number of hydrogen-bond donors (Lipinski definition) is 0. The molecule has 0 amide bonds. The van der Waals surface area contributed by atoms with Crippen molar-refractivity contribution in [2.24, 2.45) is 23.7 Å². The van der Waals surface area contributed by atoms with Crippen molar-refractivity contribution in [3.05, 3.63) is 0 Å². The van der Waals surface area contributed by atoms with Gasteiger partial charge in [0.2, 0.25) is 0 Å². The Morgan fingerprint density at radius 2 is 1.55 bits per heavy atom. The number of carbonyl (C=O) groups is 1. The SMILES string of the molecule is CCC1CCCC(CCCCCCC2CCCCC2C=O)C1. The molecule has 2 rings (SSSR count). The second kappa shape index (κ2) is 10.4. The molecule has 0 aromatic carbocycles. The zero-order valence-corrected chi connectivity index (χ0v) is 14.9. The maximum atomic E-state index is 11.1. The fraction of sp³-hybridized carbons (Fsp3) is 0.952. The van der Waals surface area contributed by atoms with Crippen molar-refractivity contribution in [1.82, 2.24) is 0 Å². The molecule has 0 heterocycles. The third kappa shape index (κ3) is 6.05. The smallest absolute Gasteiger partial charge is 0.123 e. The zero-order chi connectivity index (χ0) is 15.6. The molecule has 2 aliphatic rings. The van der Waals surface area contributed by atoms with Crippen LogP contribution in [-0.4, -0.2) is 6.29 Å². The van der Waals surface area contributed by atoms with E-state index < -0.39 is 0 Å². The number of rotatable bonds is 9. The van der Waals surface area contributed by atoms with Crippen LogP contribution in [0.3, 0.4) is 0 Å². The second-order valence-corrected chi connectivity index (χ2v) is 8.14. The van der Waals surface area contributed by atoms with E-state index in [0.717, 1.165) is 24.2 Å². The van der Waals surface area contributed by atoms with Gasteiger partial charge in [-0.1, -0.05) is 77.6 Å². The Bertz CT molecular complexity index is 298. The monoisotopic (exact) mass is 306 g/mol. The Labute approximate surface area is 138 Å². The molecule has 128 valence electrons. The van der Waals surface area contributed by atoms with E-state index in [4.69, 9.17) is 0 Å². The Balaban J connectivity index is 1.49. The standard InChI is InChI=1S/C21H38O/c1-2-18-11-9-12-19(16-18)10-5-3-4-6-13-20-14-7-8-15-21(20)17-22/h17-21H,2-16H2,1H3. The summed E-state index contributed by atoms with van der Waals surface area (Å²) in [4.78, 5) is 11.1. The lowest BCUT2D eigenvalue weighted by Gasteiger charge is -2.28. The molecule has 0 saturated heterocycles. The normalized spacial score (nSPS) is 32.8. The first-order valence-electron chi connectivity index (χ1n) is 10.3. The van der Waals surface area contributed by atoms with Crippen LogP contribution in [0.5, 0.6) is 0 Å². The zero-order valence-electron chi connectivity index (χ0n) is 14.9. The van der Waals surface area contributed by atoms with Crippen LogP contribution in [0.15, 0.2) is 0 Å². The Morgan fingerprint density at radius 3 is 2.32 bits per heavy atom. The Hall–Kier alpha value is -0.330. The van der Waals surface area contributed by atoms with Gasteiger partial charge in [-0.15, -0.1) is 0 Å². The van der Waals surface area contributed by atoms with Gasteiger partial charge in [0.25, 0.3) is 0 Å². The molecule has 4 unspecified atom stereocenters. The summed E-state index contributed by atoms with van der Waals surface area (Å²) in [6.45, 7) is 2.37. The third-order valence-corrected chi connectivity index (χ3v) is 6.55. The lowest BCUT2D eigenvalue weighted by atomic mass is 9.77. The summed E-state index contributed by atoms with van der Waals surface area (Å²) in [7, 11) is 0. The van der Waals surface area contributed by atoms with Gasteiger partial charge in [0, 0.05) is 5.92 Å². The molecular weight excluding hydrogens is 268 g/mol. The number of carbonyl (C=O) groups excluding carboxylic acids is 1. The first-order valence-corrected chi connectivity index (χ1v) is 10.3. The van der Waals surface area contributed by atoms with Crippen LogP contribution >= 0.6 is 0 Å². The van der Waals surface area contributed by atoms with Gasteiger partial charge in [-0.3, -0.25) is 0 Å². The quantitative estimate of drug-likeness (QED) is 0.349. The van der Waals surface area contributed by atoms with E-state index in [0.29, 0.717) is 5.92 Å². The topological polar surface area (TPSA) is 17.1 Å². The summed E-state index contributed by atoms with van der Waals surface area (Å²) >= 11 is 0. The molecule has 0 aliphatic heterocycles. The molecule has 2 aliphatic carbocycles. The van der Waals surface area contributed by atoms with Crippen LogP contribution in [0.2, 0.25) is 0 Å². The van der Waals surface area contributed by atoms with Crippen molar-refractivity contribution >= 4 is 6.29 Å². The van der Waals surface area contributed by atoms with Crippen molar-refractivity contribution in [2.45, 2.75) is 103 Å². The van der Waals surface area contributed by atoms with Crippen molar-refractivity contribution in [3.63, 3.8) is 0 Å². The van der Waals surface area contributed by atoms with Crippen LogP contribution in [-0.2, 0) is 4.79 Å². The van der Waals surface area contributed by atoms with Gasteiger partial charge in [-0.25, -0.2) is 0 Å². The minimum Gasteiger partial charge on any atom is -0.303 e. The molecule has 2 fully saturated rings. The maximum Gasteiger partial charge on any atom is 0.123 e. The second-order valence-electron chi connectivity index (χ2n) is 8.14. The molecule has 2 saturated carbocycles. The van der Waals surface area contributed by atoms with Gasteiger partial charge in [-0.2, -0.15) is 0 Å². The van der Waals surface area contributed by atoms with E-state index >= 15 is 0 Å². The molecule has 22 heavy (non-hydrogen) atoms. The first-order chi connectivity index (χ1) is 10.8. The molecule has 4 atom stereocenters. The molecule has 1 heteroatoms. The highest BCUT2D eigenvalue weighted by atomic mass is 16.1. The fourth-order valence-corrected chi connectivity index (χ4v) is 5.00. The highest BCUT2D eigenvalue weighted by molar-refractivity contribution is 5.54. The molecule has 0 spiro atoms. The molecular formula is C21H38O. The minimum atomic E-state index is 0.391. The average molecular weight is 307 g/mol. The van der Waals surface area contributed by atoms with Gasteiger partial charge in [0.05, 0.1) is 0 Å². The average Bonchev–Trinajstić information content (AvgIpc) is 2.58. The highest BCUT2D eigenvalue weighted by Gasteiger charge is 2.24. The lowest BCUT2D eigenvalue weighted by molar-refractivity contribution is -0.113. The van der Waals surface area contributed by atoms with E-state index in [1.54, 1.807) is 0 Å². The van der Waals surface area contributed by atoms with Crippen molar-refractivity contribution in [2.75, 3.05) is 0 Å². The molecule has 0 bridgehead atoms. The first kappa shape index (κ1) is 18.0. The molecule has 1 nitrogen and oxygen atoms in total. The number of hydrogen-bond acceptors (Lipinski definition) is 1. The Kier molecular flexibility index (Phi) is 8.55. The van der Waals surface area contributed by atoms with Crippen molar-refractivity contribution < 1.29 is 4.79 Å². The van der Waals surface area contributed by atoms with Crippen molar-refractivity contribution in [3.8, 4) is 0 Å². The van der Waals surface area contributed by atoms with E-state index in [9.17, 15) is 4.79 Å². The predicted octanol–water partition coefficient (Wildman–Crippen LogP) is 6.55. The summed E-state index contributed by atoms with van der Waals surface area (Å²) in [5.74, 6) is 3.18. The molecule has 0 aromatic heterocycles.